The predicted octanol–water partition coefficient (Wildman–Crippen LogP) is 3.27. The smallest absolute Gasteiger partial charge is 0.317 e. The van der Waals surface area contributed by atoms with Gasteiger partial charge in [-0.15, -0.1) is 11.3 Å². The number of nitrogens with zero attached hydrogens (tertiary/aromatic N) is 2. The molecule has 0 spiro atoms. The number of amides is 2. The fourth-order valence-electron chi connectivity index (χ4n) is 3.06. The second kappa shape index (κ2) is 7.59. The van der Waals surface area contributed by atoms with Crippen LogP contribution in [0.1, 0.15) is 22.7 Å². The zero-order chi connectivity index (χ0) is 16.1. The van der Waals surface area contributed by atoms with E-state index in [0.29, 0.717) is 12.5 Å². The van der Waals surface area contributed by atoms with E-state index in [2.05, 4.69) is 39.9 Å². The van der Waals surface area contributed by atoms with Gasteiger partial charge in [0.15, 0.2) is 0 Å². The van der Waals surface area contributed by atoms with E-state index >= 15 is 0 Å². The summed E-state index contributed by atoms with van der Waals surface area (Å²) in [4.78, 5) is 18.6. The van der Waals surface area contributed by atoms with Crippen molar-refractivity contribution in [3.63, 3.8) is 0 Å². The van der Waals surface area contributed by atoms with Gasteiger partial charge in [0.05, 0.1) is 10.7 Å². The van der Waals surface area contributed by atoms with Crippen molar-refractivity contribution in [2.75, 3.05) is 19.6 Å². The van der Waals surface area contributed by atoms with Crippen molar-refractivity contribution in [2.45, 2.75) is 26.2 Å². The SMILES string of the molecule is Cc1nc(CCNC(=O)N2CCC(Cc3ccccc3)C2)cs1. The van der Waals surface area contributed by atoms with Gasteiger partial charge in [-0.2, -0.15) is 0 Å². The maximum atomic E-state index is 12.2. The molecule has 2 heterocycles. The third-order valence-electron chi connectivity index (χ3n) is 4.26. The van der Waals surface area contributed by atoms with Crippen molar-refractivity contribution in [3.05, 3.63) is 52.0 Å². The molecule has 0 radical (unpaired) electrons. The number of hydrogen-bond acceptors (Lipinski definition) is 3. The molecule has 1 fully saturated rings. The third-order valence-corrected chi connectivity index (χ3v) is 5.09. The summed E-state index contributed by atoms with van der Waals surface area (Å²) in [5, 5.41) is 6.16. The molecule has 1 atom stereocenters. The van der Waals surface area contributed by atoms with Gasteiger partial charge in [0.2, 0.25) is 0 Å². The summed E-state index contributed by atoms with van der Waals surface area (Å²) in [5.74, 6) is 0.573. The van der Waals surface area contributed by atoms with E-state index in [9.17, 15) is 4.79 Å². The Hall–Kier alpha value is -1.88. The first-order valence-corrected chi connectivity index (χ1v) is 9.06. The number of carbonyl (C=O) groups excluding carboxylic acids is 1. The second-order valence-corrected chi connectivity index (χ2v) is 7.19. The molecule has 1 saturated heterocycles. The van der Waals surface area contributed by atoms with Gasteiger partial charge in [-0.25, -0.2) is 9.78 Å². The van der Waals surface area contributed by atoms with Gasteiger partial charge in [0.25, 0.3) is 0 Å². The lowest BCUT2D eigenvalue weighted by Crippen LogP contribution is -2.39. The maximum Gasteiger partial charge on any atom is 0.317 e. The molecular formula is C18H23N3OS. The van der Waals surface area contributed by atoms with Crippen molar-refractivity contribution in [1.82, 2.24) is 15.2 Å². The van der Waals surface area contributed by atoms with Crippen LogP contribution in [0.15, 0.2) is 35.7 Å². The maximum absolute atomic E-state index is 12.2. The highest BCUT2D eigenvalue weighted by molar-refractivity contribution is 7.09. The van der Waals surface area contributed by atoms with Gasteiger partial charge in [0.1, 0.15) is 0 Å². The van der Waals surface area contributed by atoms with Crippen LogP contribution in [-0.2, 0) is 12.8 Å². The average molecular weight is 329 g/mol. The normalized spacial score (nSPS) is 17.4. The fourth-order valence-corrected chi connectivity index (χ4v) is 3.71. The van der Waals surface area contributed by atoms with Crippen LogP contribution >= 0.6 is 11.3 Å². The van der Waals surface area contributed by atoms with Gasteiger partial charge >= 0.3 is 6.03 Å². The molecule has 0 aliphatic carbocycles. The number of thiazole rings is 1. The van der Waals surface area contributed by atoms with Crippen LogP contribution in [-0.4, -0.2) is 35.5 Å². The summed E-state index contributed by atoms with van der Waals surface area (Å²) >= 11 is 1.66. The summed E-state index contributed by atoms with van der Waals surface area (Å²) in [6, 6.07) is 10.6. The molecule has 122 valence electrons. The third kappa shape index (κ3) is 4.55. The highest BCUT2D eigenvalue weighted by Crippen LogP contribution is 2.20. The lowest BCUT2D eigenvalue weighted by atomic mass is 9.99. The minimum absolute atomic E-state index is 0.0625. The van der Waals surface area contributed by atoms with Crippen molar-refractivity contribution in [3.8, 4) is 0 Å². The Morgan fingerprint density at radius 2 is 2.22 bits per heavy atom. The number of hydrogen-bond donors (Lipinski definition) is 1. The van der Waals surface area contributed by atoms with Crippen molar-refractivity contribution >= 4 is 17.4 Å². The standard InChI is InChI=1S/C18H23N3OS/c1-14-20-17(13-23-14)7-9-19-18(22)21-10-8-16(12-21)11-15-5-3-2-4-6-15/h2-6,13,16H,7-12H2,1H3,(H,19,22). The molecule has 1 aromatic heterocycles. The van der Waals surface area contributed by atoms with Crippen molar-refractivity contribution < 1.29 is 4.79 Å². The van der Waals surface area contributed by atoms with E-state index in [4.69, 9.17) is 0 Å². The highest BCUT2D eigenvalue weighted by Gasteiger charge is 2.26. The molecule has 1 aliphatic rings. The second-order valence-electron chi connectivity index (χ2n) is 6.13. The largest absolute Gasteiger partial charge is 0.338 e. The van der Waals surface area contributed by atoms with Gasteiger partial charge in [-0.05, 0) is 31.2 Å². The van der Waals surface area contributed by atoms with Gasteiger partial charge in [-0.1, -0.05) is 30.3 Å². The predicted molar refractivity (Wildman–Crippen MR) is 93.8 cm³/mol. The Labute approximate surface area is 141 Å². The number of nitrogens with one attached hydrogen (secondary N) is 1. The van der Waals surface area contributed by atoms with Gasteiger partial charge in [0, 0.05) is 31.4 Å². The first-order valence-electron chi connectivity index (χ1n) is 8.18. The average Bonchev–Trinajstić information content (AvgIpc) is 3.18. The number of urea groups is 1. The summed E-state index contributed by atoms with van der Waals surface area (Å²) in [6.45, 7) is 4.38. The van der Waals surface area contributed by atoms with E-state index in [0.717, 1.165) is 43.1 Å². The first kappa shape index (κ1) is 16.0. The summed E-state index contributed by atoms with van der Waals surface area (Å²) in [7, 11) is 0. The number of rotatable bonds is 5. The molecular weight excluding hydrogens is 306 g/mol. The molecule has 0 bridgehead atoms. The summed E-state index contributed by atoms with van der Waals surface area (Å²) in [6.07, 6.45) is 2.95. The van der Waals surface area contributed by atoms with Crippen molar-refractivity contribution in [1.29, 1.82) is 0 Å². The molecule has 1 unspecified atom stereocenters. The molecule has 2 aromatic rings. The topological polar surface area (TPSA) is 45.2 Å². The van der Waals surface area contributed by atoms with E-state index in [1.54, 1.807) is 11.3 Å². The van der Waals surface area contributed by atoms with Crippen LogP contribution < -0.4 is 5.32 Å². The fraction of sp³-hybridized carbons (Fsp3) is 0.444. The minimum atomic E-state index is 0.0625. The molecule has 4 nitrogen and oxygen atoms in total. The van der Waals surface area contributed by atoms with Crippen LogP contribution in [0.5, 0.6) is 0 Å². The first-order chi connectivity index (χ1) is 11.2. The zero-order valence-electron chi connectivity index (χ0n) is 13.5. The Morgan fingerprint density at radius 1 is 1.39 bits per heavy atom. The number of carbonyl (C=O) groups is 1. The van der Waals surface area contributed by atoms with Crippen LogP contribution in [0.4, 0.5) is 4.79 Å². The van der Waals surface area contributed by atoms with Crippen molar-refractivity contribution in [2.24, 2.45) is 5.92 Å². The molecule has 3 rings (SSSR count). The van der Waals surface area contributed by atoms with E-state index in [1.165, 1.54) is 5.56 Å². The Kier molecular flexibility index (Phi) is 5.28. The quantitative estimate of drug-likeness (QED) is 0.915. The van der Waals surface area contributed by atoms with Gasteiger partial charge < -0.3 is 10.2 Å². The van der Waals surface area contributed by atoms with Crippen LogP contribution in [0.2, 0.25) is 0 Å². The van der Waals surface area contributed by atoms with E-state index in [-0.39, 0.29) is 6.03 Å². The number of aromatic nitrogens is 1. The molecule has 0 saturated carbocycles. The van der Waals surface area contributed by atoms with Crippen LogP contribution in [0, 0.1) is 12.8 Å². The molecule has 1 aromatic carbocycles. The lowest BCUT2D eigenvalue weighted by molar-refractivity contribution is 0.207. The number of benzene rings is 1. The Balaban J connectivity index is 1.40. The van der Waals surface area contributed by atoms with E-state index in [1.807, 2.05) is 17.9 Å². The lowest BCUT2D eigenvalue weighted by Gasteiger charge is -2.17. The summed E-state index contributed by atoms with van der Waals surface area (Å²) < 4.78 is 0. The van der Waals surface area contributed by atoms with Crippen LogP contribution in [0.25, 0.3) is 0 Å². The Morgan fingerprint density at radius 3 is 2.96 bits per heavy atom. The molecule has 1 N–H and O–H groups in total. The molecule has 2 amide bonds. The van der Waals surface area contributed by atoms with E-state index < -0.39 is 0 Å². The Bertz CT molecular complexity index is 641. The molecule has 1 aliphatic heterocycles. The molecule has 23 heavy (non-hydrogen) atoms. The van der Waals surface area contributed by atoms with Gasteiger partial charge in [-0.3, -0.25) is 0 Å². The number of aryl methyl sites for hydroxylation is 1. The molecule has 5 heteroatoms. The summed E-state index contributed by atoms with van der Waals surface area (Å²) in [5.41, 5.74) is 2.43. The monoisotopic (exact) mass is 329 g/mol. The highest BCUT2D eigenvalue weighted by atomic mass is 32.1. The van der Waals surface area contributed by atoms with Crippen LogP contribution in [0.3, 0.4) is 0 Å². The minimum Gasteiger partial charge on any atom is -0.338 e. The zero-order valence-corrected chi connectivity index (χ0v) is 14.3. The number of likely N-dealkylation sites (tertiary alicyclic amines) is 1.